The molecule has 0 aromatic heterocycles. The molecule has 0 radical (unpaired) electrons. The second-order valence-corrected chi connectivity index (χ2v) is 8.71. The Morgan fingerprint density at radius 2 is 1.69 bits per heavy atom. The van der Waals surface area contributed by atoms with Crippen molar-refractivity contribution in [1.29, 1.82) is 0 Å². The minimum Gasteiger partial charge on any atom is -0.563 e. The molecule has 0 bridgehead atoms. The van der Waals surface area contributed by atoms with E-state index in [-0.39, 0.29) is 76.9 Å². The smallest absolute Gasteiger partial charge is 0.563 e. The van der Waals surface area contributed by atoms with Crippen molar-refractivity contribution in [2.24, 2.45) is 11.7 Å². The van der Waals surface area contributed by atoms with E-state index in [1.54, 1.807) is 38.1 Å². The van der Waals surface area contributed by atoms with Gasteiger partial charge in [-0.2, -0.15) is 6.61 Å². The fourth-order valence-electron chi connectivity index (χ4n) is 3.64. The predicted molar refractivity (Wildman–Crippen MR) is 136 cm³/mol. The van der Waals surface area contributed by atoms with Crippen molar-refractivity contribution in [2.75, 3.05) is 19.0 Å². The van der Waals surface area contributed by atoms with Gasteiger partial charge in [-0.3, -0.25) is 14.5 Å². The van der Waals surface area contributed by atoms with E-state index >= 15 is 0 Å². The fourth-order valence-corrected chi connectivity index (χ4v) is 3.64. The van der Waals surface area contributed by atoms with Crippen molar-refractivity contribution in [1.82, 2.24) is 4.90 Å². The zero-order valence-electron chi connectivity index (χ0n) is 23.3. The van der Waals surface area contributed by atoms with Crippen molar-refractivity contribution in [3.8, 4) is 0 Å². The van der Waals surface area contributed by atoms with Crippen LogP contribution in [0.2, 0.25) is 0 Å². The van der Waals surface area contributed by atoms with Gasteiger partial charge in [-0.15, -0.1) is 0 Å². The number of nitrogens with zero attached hydrogens (tertiary/aromatic N) is 1. The van der Waals surface area contributed by atoms with E-state index in [2.05, 4.69) is 5.32 Å². The normalized spacial score (nSPS) is 23.0. The second-order valence-electron chi connectivity index (χ2n) is 8.71. The van der Waals surface area contributed by atoms with Crippen LogP contribution in [0.3, 0.4) is 0 Å². The molecule has 3 amide bonds. The first kappa shape index (κ1) is 37.8. The van der Waals surface area contributed by atoms with Gasteiger partial charge in [0.15, 0.2) is 6.29 Å². The summed E-state index contributed by atoms with van der Waals surface area (Å²) in [6.45, 7) is 7.86. The van der Waals surface area contributed by atoms with Crippen molar-refractivity contribution in [3.63, 3.8) is 0 Å². The Bertz CT molecular complexity index is 887. The standard InChI is InChI=1S/C23H34N3O10.C2H6.K/c1-12(2)17(21(24)32)26(3)23(33)35-11-13-4-6-14(7-5-13)25-16(28)8-9-34-22-20(31)19(30)18(29)15(10-27)36-22;1-2;/h4-7,10,12,15,17-20,22,27,29-31H,8-9,11H2,1-3H3,(H2,24,32)(H,25,28);1-2H3;/q-1;;+1/t15-,17+,18?,19+,20?,22-;;/m1../s1. The molecule has 1 fully saturated rings. The molecule has 216 valence electrons. The molecule has 1 aromatic carbocycles. The average Bonchev–Trinajstić information content (AvgIpc) is 2.88. The number of hydrogen-bond donors (Lipinski definition) is 6. The molecule has 1 heterocycles. The van der Waals surface area contributed by atoms with Crippen LogP contribution in [0.15, 0.2) is 24.3 Å². The van der Waals surface area contributed by atoms with Crippen molar-refractivity contribution in [2.45, 2.75) is 77.5 Å². The van der Waals surface area contributed by atoms with Crippen LogP contribution in [0.25, 0.3) is 0 Å². The van der Waals surface area contributed by atoms with Gasteiger partial charge in [-0.1, -0.05) is 39.8 Å². The first-order chi connectivity index (χ1) is 18.0. The number of anilines is 1. The Morgan fingerprint density at radius 1 is 1.10 bits per heavy atom. The summed E-state index contributed by atoms with van der Waals surface area (Å²) in [5, 5.41) is 41.1. The van der Waals surface area contributed by atoms with Crippen LogP contribution in [0.1, 0.15) is 39.7 Å². The Labute approximate surface area is 271 Å². The van der Waals surface area contributed by atoms with Gasteiger partial charge >= 0.3 is 57.5 Å². The van der Waals surface area contributed by atoms with E-state index in [0.717, 1.165) is 4.90 Å². The van der Waals surface area contributed by atoms with Crippen molar-refractivity contribution in [3.05, 3.63) is 36.4 Å². The zero-order valence-corrected chi connectivity index (χ0v) is 26.4. The van der Waals surface area contributed by atoms with Crippen LogP contribution in [-0.2, 0) is 30.4 Å². The molecule has 2 rings (SSSR count). The largest absolute Gasteiger partial charge is 1.00 e. The van der Waals surface area contributed by atoms with Gasteiger partial charge in [0.2, 0.25) is 11.8 Å². The zero-order chi connectivity index (χ0) is 29.0. The summed E-state index contributed by atoms with van der Waals surface area (Å²) in [6, 6.07) is 5.73. The fraction of sp³-hybridized carbons (Fsp3) is 0.600. The van der Waals surface area contributed by atoms with E-state index in [4.69, 9.17) is 25.1 Å². The number of benzene rings is 1. The number of rotatable bonds is 11. The van der Waals surface area contributed by atoms with Gasteiger partial charge < -0.3 is 45.7 Å². The number of aliphatic hydroxyl groups excluding tert-OH is 4. The van der Waals surface area contributed by atoms with E-state index in [9.17, 15) is 29.7 Å². The second kappa shape index (κ2) is 19.0. The minimum absolute atomic E-state index is 0. The summed E-state index contributed by atoms with van der Waals surface area (Å²) in [4.78, 5) is 37.2. The van der Waals surface area contributed by atoms with Gasteiger partial charge in [0.1, 0.15) is 24.9 Å². The Balaban J connectivity index is 0.00000470. The molecule has 1 aromatic rings. The van der Waals surface area contributed by atoms with Crippen LogP contribution in [-0.4, -0.2) is 93.6 Å². The van der Waals surface area contributed by atoms with Crippen LogP contribution < -0.4 is 62.4 Å². The maximum Gasteiger partial charge on any atom is 1.00 e. The maximum atomic E-state index is 12.2. The topological polar surface area (TPSA) is 201 Å². The molecule has 13 nitrogen and oxygen atoms in total. The third-order valence-corrected chi connectivity index (χ3v) is 5.59. The number of nitrogens with two attached hydrogens (primary N) is 1. The molecule has 7 N–H and O–H groups in total. The van der Waals surface area contributed by atoms with Crippen molar-refractivity contribution >= 4 is 23.6 Å². The Hall–Kier alpha value is -1.17. The summed E-state index contributed by atoms with van der Waals surface area (Å²) >= 11 is 0. The summed E-state index contributed by atoms with van der Waals surface area (Å²) in [5.74, 6) is -1.20. The first-order valence-corrected chi connectivity index (χ1v) is 12.3. The molecule has 1 aliphatic rings. The first-order valence-electron chi connectivity index (χ1n) is 12.3. The minimum atomic E-state index is -1.59. The average molecular weight is 582 g/mol. The van der Waals surface area contributed by atoms with E-state index < -0.39 is 54.7 Å². The Morgan fingerprint density at radius 3 is 2.21 bits per heavy atom. The third-order valence-electron chi connectivity index (χ3n) is 5.59. The molecule has 0 saturated carbocycles. The van der Waals surface area contributed by atoms with E-state index in [1.165, 1.54) is 7.05 Å². The number of nitrogens with one attached hydrogen (secondary N) is 1. The summed E-state index contributed by atoms with van der Waals surface area (Å²) in [6.07, 6.45) is -8.07. The molecular formula is C25H40KN3O10. The number of hydrogen-bond acceptors (Lipinski definition) is 10. The quantitative estimate of drug-likeness (QED) is 0.120. The van der Waals surface area contributed by atoms with Crippen LogP contribution >= 0.6 is 0 Å². The summed E-state index contributed by atoms with van der Waals surface area (Å²) in [5.41, 5.74) is 6.48. The molecule has 1 aliphatic heterocycles. The van der Waals surface area contributed by atoms with Gasteiger partial charge in [0.05, 0.1) is 19.1 Å². The number of aliphatic hydroxyl groups is 4. The maximum absolute atomic E-state index is 12.2. The molecule has 2 unspecified atom stereocenters. The molecule has 39 heavy (non-hydrogen) atoms. The predicted octanol–water partition coefficient (Wildman–Crippen LogP) is -2.52. The molecular weight excluding hydrogens is 541 g/mol. The van der Waals surface area contributed by atoms with Crippen molar-refractivity contribution < 1.29 is 100 Å². The molecule has 0 spiro atoms. The number of carbonyl (C=O) groups is 3. The number of ether oxygens (including phenoxy) is 3. The SMILES string of the molecule is CC.CC(C)[C@@H](C(N)=O)N(C)C(=O)OCc1ccc(NC(=O)CCO[C@@H]2O[C@H]([CH-]O)C(O)[C@H](O)C2O)cc1.[K+]. The molecule has 1 saturated heterocycles. The van der Waals surface area contributed by atoms with Gasteiger partial charge in [-0.05, 0) is 29.7 Å². The van der Waals surface area contributed by atoms with Gasteiger partial charge in [0.25, 0.3) is 0 Å². The Kier molecular flexibility index (Phi) is 18.5. The van der Waals surface area contributed by atoms with Crippen LogP contribution in [0, 0.1) is 12.5 Å². The number of likely N-dealkylation sites (N-methyl/N-ethyl adjacent to an activating group) is 1. The van der Waals surface area contributed by atoms with E-state index in [0.29, 0.717) is 17.9 Å². The van der Waals surface area contributed by atoms with E-state index in [1.807, 2.05) is 13.8 Å². The number of carbonyl (C=O) groups excluding carboxylic acids is 3. The van der Waals surface area contributed by atoms with Gasteiger partial charge in [-0.25, -0.2) is 4.79 Å². The van der Waals surface area contributed by atoms with Crippen LogP contribution in [0.5, 0.6) is 0 Å². The molecule has 6 atom stereocenters. The monoisotopic (exact) mass is 581 g/mol. The number of amides is 3. The third kappa shape index (κ3) is 11.7. The van der Waals surface area contributed by atoms with Gasteiger partial charge in [0, 0.05) is 12.7 Å². The summed E-state index contributed by atoms with van der Waals surface area (Å²) in [7, 11) is 1.44. The molecule has 14 heteroatoms. The summed E-state index contributed by atoms with van der Waals surface area (Å²) < 4.78 is 15.7. The molecule has 0 aliphatic carbocycles. The number of primary amides is 1. The van der Waals surface area contributed by atoms with Crippen LogP contribution in [0.4, 0.5) is 10.5 Å².